The topological polar surface area (TPSA) is 51.0 Å². The zero-order valence-corrected chi connectivity index (χ0v) is 18.6. The number of rotatable bonds is 7. The maximum atomic E-state index is 12.7. The van der Waals surface area contributed by atoms with E-state index in [0.717, 1.165) is 16.8 Å². The van der Waals surface area contributed by atoms with Gasteiger partial charge >= 0.3 is 0 Å². The summed E-state index contributed by atoms with van der Waals surface area (Å²) in [4.78, 5) is 14.4. The Morgan fingerprint density at radius 3 is 2.29 bits per heavy atom. The predicted octanol–water partition coefficient (Wildman–Crippen LogP) is 5.40. The summed E-state index contributed by atoms with van der Waals surface area (Å²) in [7, 11) is 1.78. The summed E-state index contributed by atoms with van der Waals surface area (Å²) >= 11 is 7.81. The highest BCUT2D eigenvalue weighted by Crippen LogP contribution is 2.30. The fourth-order valence-corrected chi connectivity index (χ4v) is 4.24. The van der Waals surface area contributed by atoms with Crippen LogP contribution in [-0.4, -0.2) is 33.5 Å². The lowest BCUT2D eigenvalue weighted by Crippen LogP contribution is -2.28. The van der Waals surface area contributed by atoms with Crippen molar-refractivity contribution in [2.24, 2.45) is 0 Å². The van der Waals surface area contributed by atoms with Gasteiger partial charge in [-0.15, -0.1) is 10.2 Å². The molecule has 1 heterocycles. The number of anilines is 1. The molecule has 0 N–H and O–H groups in total. The molecule has 31 heavy (non-hydrogen) atoms. The molecule has 1 amide bonds. The van der Waals surface area contributed by atoms with E-state index >= 15 is 0 Å². The highest BCUT2D eigenvalue weighted by molar-refractivity contribution is 7.99. The molecule has 3 aromatic carbocycles. The van der Waals surface area contributed by atoms with Crippen LogP contribution in [0.25, 0.3) is 11.4 Å². The lowest BCUT2D eigenvalue weighted by atomic mass is 10.2. The van der Waals surface area contributed by atoms with Gasteiger partial charge in [-0.1, -0.05) is 84.0 Å². The fraction of sp³-hybridized carbons (Fsp3) is 0.125. The lowest BCUT2D eigenvalue weighted by Gasteiger charge is -2.17. The van der Waals surface area contributed by atoms with Gasteiger partial charge in [0.1, 0.15) is 0 Å². The Morgan fingerprint density at radius 2 is 1.58 bits per heavy atom. The third-order valence-electron chi connectivity index (χ3n) is 4.86. The Morgan fingerprint density at radius 1 is 0.935 bits per heavy atom. The van der Waals surface area contributed by atoms with E-state index in [1.807, 2.05) is 77.4 Å². The van der Waals surface area contributed by atoms with Crippen LogP contribution in [0.2, 0.25) is 5.02 Å². The first-order valence-electron chi connectivity index (χ1n) is 9.80. The van der Waals surface area contributed by atoms with Crippen LogP contribution in [0, 0.1) is 0 Å². The summed E-state index contributed by atoms with van der Waals surface area (Å²) in [5.41, 5.74) is 2.79. The highest BCUT2D eigenvalue weighted by atomic mass is 35.5. The Balaban J connectivity index is 1.60. The number of carbonyl (C=O) groups is 1. The molecule has 156 valence electrons. The van der Waals surface area contributed by atoms with Gasteiger partial charge in [0.15, 0.2) is 11.0 Å². The fourth-order valence-electron chi connectivity index (χ4n) is 3.16. The number of para-hydroxylation sites is 1. The van der Waals surface area contributed by atoms with Gasteiger partial charge in [-0.2, -0.15) is 0 Å². The van der Waals surface area contributed by atoms with Crippen molar-refractivity contribution in [1.29, 1.82) is 0 Å². The minimum atomic E-state index is -0.00949. The second-order valence-corrected chi connectivity index (χ2v) is 8.28. The molecule has 1 aromatic heterocycles. The molecule has 0 aliphatic carbocycles. The highest BCUT2D eigenvalue weighted by Gasteiger charge is 2.19. The molecule has 0 aliphatic heterocycles. The van der Waals surface area contributed by atoms with Crippen LogP contribution < -0.4 is 4.90 Å². The average Bonchev–Trinajstić information content (AvgIpc) is 3.20. The van der Waals surface area contributed by atoms with Gasteiger partial charge in [-0.25, -0.2) is 0 Å². The maximum absolute atomic E-state index is 12.7. The molecule has 0 saturated heterocycles. The predicted molar refractivity (Wildman–Crippen MR) is 127 cm³/mol. The van der Waals surface area contributed by atoms with E-state index in [-0.39, 0.29) is 11.7 Å². The quantitative estimate of drug-likeness (QED) is 0.355. The summed E-state index contributed by atoms with van der Waals surface area (Å²) in [5.74, 6) is 0.923. The van der Waals surface area contributed by atoms with Crippen LogP contribution in [0.15, 0.2) is 90.1 Å². The van der Waals surface area contributed by atoms with Gasteiger partial charge in [-0.05, 0) is 29.8 Å². The van der Waals surface area contributed by atoms with Crippen molar-refractivity contribution in [3.05, 3.63) is 95.5 Å². The Kier molecular flexibility index (Phi) is 6.70. The molecular weight excluding hydrogens is 428 g/mol. The smallest absolute Gasteiger partial charge is 0.237 e. The molecule has 0 aliphatic rings. The molecule has 0 fully saturated rings. The Hall–Kier alpha value is -3.09. The minimum absolute atomic E-state index is 0.00949. The van der Waals surface area contributed by atoms with Crippen LogP contribution >= 0.6 is 23.4 Å². The van der Waals surface area contributed by atoms with Crippen molar-refractivity contribution >= 4 is 35.0 Å². The van der Waals surface area contributed by atoms with Crippen LogP contribution in [0.5, 0.6) is 0 Å². The van der Waals surface area contributed by atoms with E-state index in [9.17, 15) is 4.79 Å². The number of amides is 1. The van der Waals surface area contributed by atoms with E-state index in [1.165, 1.54) is 11.8 Å². The monoisotopic (exact) mass is 448 g/mol. The molecule has 0 atom stereocenters. The summed E-state index contributed by atoms with van der Waals surface area (Å²) < 4.78 is 2.01. The largest absolute Gasteiger partial charge is 0.315 e. The molecule has 4 aromatic rings. The van der Waals surface area contributed by atoms with Gasteiger partial charge in [0.05, 0.1) is 17.3 Å². The second kappa shape index (κ2) is 9.81. The third kappa shape index (κ3) is 4.98. The SMILES string of the molecule is CN(C(=O)CSc1nnc(-c2ccccc2Cl)n1Cc1ccccc1)c1ccccc1. The number of thioether (sulfide) groups is 1. The average molecular weight is 449 g/mol. The van der Waals surface area contributed by atoms with E-state index in [4.69, 9.17) is 11.6 Å². The number of carbonyl (C=O) groups excluding carboxylic acids is 1. The minimum Gasteiger partial charge on any atom is -0.315 e. The van der Waals surface area contributed by atoms with Crippen molar-refractivity contribution in [1.82, 2.24) is 14.8 Å². The zero-order valence-electron chi connectivity index (χ0n) is 17.0. The van der Waals surface area contributed by atoms with E-state index in [0.29, 0.717) is 22.5 Å². The van der Waals surface area contributed by atoms with Crippen molar-refractivity contribution in [2.45, 2.75) is 11.7 Å². The standard InChI is InChI=1S/C24H21ClN4OS/c1-28(19-12-6-3-7-13-19)22(30)17-31-24-27-26-23(20-14-8-9-15-21(20)25)29(24)16-18-10-4-2-5-11-18/h2-15H,16-17H2,1H3. The number of hydrogen-bond donors (Lipinski definition) is 0. The maximum Gasteiger partial charge on any atom is 0.237 e. The Bertz CT molecular complexity index is 1160. The van der Waals surface area contributed by atoms with E-state index in [1.54, 1.807) is 11.9 Å². The summed E-state index contributed by atoms with van der Waals surface area (Å²) in [6, 6.07) is 27.3. The molecule has 0 saturated carbocycles. The first kappa shape index (κ1) is 21.2. The number of benzene rings is 3. The van der Waals surface area contributed by atoms with Crippen molar-refractivity contribution < 1.29 is 4.79 Å². The molecule has 0 spiro atoms. The molecule has 0 radical (unpaired) electrons. The molecule has 0 unspecified atom stereocenters. The summed E-state index contributed by atoms with van der Waals surface area (Å²) in [5, 5.41) is 10.1. The van der Waals surface area contributed by atoms with Crippen molar-refractivity contribution in [3.63, 3.8) is 0 Å². The molecule has 7 heteroatoms. The first-order chi connectivity index (χ1) is 15.1. The molecule has 4 rings (SSSR count). The van der Waals surface area contributed by atoms with Crippen molar-refractivity contribution in [3.8, 4) is 11.4 Å². The summed E-state index contributed by atoms with van der Waals surface area (Å²) in [6.45, 7) is 0.583. The second-order valence-electron chi connectivity index (χ2n) is 6.93. The van der Waals surface area contributed by atoms with Gasteiger partial charge in [0.25, 0.3) is 0 Å². The van der Waals surface area contributed by atoms with Gasteiger partial charge in [-0.3, -0.25) is 9.36 Å². The third-order valence-corrected chi connectivity index (χ3v) is 6.14. The normalized spacial score (nSPS) is 10.8. The van der Waals surface area contributed by atoms with Gasteiger partial charge in [0.2, 0.25) is 5.91 Å². The van der Waals surface area contributed by atoms with Crippen LogP contribution in [0.3, 0.4) is 0 Å². The van der Waals surface area contributed by atoms with Crippen LogP contribution in [0.1, 0.15) is 5.56 Å². The number of hydrogen-bond acceptors (Lipinski definition) is 4. The lowest BCUT2D eigenvalue weighted by molar-refractivity contribution is -0.115. The van der Waals surface area contributed by atoms with Crippen LogP contribution in [0.4, 0.5) is 5.69 Å². The number of aromatic nitrogens is 3. The van der Waals surface area contributed by atoms with Crippen LogP contribution in [-0.2, 0) is 11.3 Å². The molecular formula is C24H21ClN4OS. The number of halogens is 1. The zero-order chi connectivity index (χ0) is 21.6. The van der Waals surface area contributed by atoms with E-state index < -0.39 is 0 Å². The van der Waals surface area contributed by atoms with E-state index in [2.05, 4.69) is 22.3 Å². The van der Waals surface area contributed by atoms with Gasteiger partial charge < -0.3 is 4.90 Å². The molecule has 0 bridgehead atoms. The van der Waals surface area contributed by atoms with Gasteiger partial charge in [0, 0.05) is 18.3 Å². The summed E-state index contributed by atoms with van der Waals surface area (Å²) in [6.07, 6.45) is 0. The Labute approximate surface area is 190 Å². The molecule has 5 nitrogen and oxygen atoms in total. The van der Waals surface area contributed by atoms with Crippen molar-refractivity contribution in [2.75, 3.05) is 17.7 Å². The number of nitrogens with zero attached hydrogens (tertiary/aromatic N) is 4. The first-order valence-corrected chi connectivity index (χ1v) is 11.2.